The van der Waals surface area contributed by atoms with Crippen LogP contribution in [0.25, 0.3) is 0 Å². The number of esters is 1. The summed E-state index contributed by atoms with van der Waals surface area (Å²) in [6.45, 7) is 5.50. The molecule has 112 valence electrons. The Hall–Kier alpha value is -1.17. The highest BCUT2D eigenvalue weighted by atomic mass is 35.5. The molecule has 20 heavy (non-hydrogen) atoms. The first-order valence-corrected chi connectivity index (χ1v) is 6.83. The van der Waals surface area contributed by atoms with Crippen molar-refractivity contribution >= 4 is 17.6 Å². The van der Waals surface area contributed by atoms with Crippen LogP contribution < -0.4 is 0 Å². The lowest BCUT2D eigenvalue weighted by atomic mass is 10.1. The first-order valence-electron chi connectivity index (χ1n) is 6.46. The van der Waals surface area contributed by atoms with Gasteiger partial charge in [-0.25, -0.2) is 9.78 Å². The van der Waals surface area contributed by atoms with Gasteiger partial charge in [-0.05, 0) is 18.1 Å². The molecule has 0 aromatic carbocycles. The average molecular weight is 302 g/mol. The molecule has 0 radical (unpaired) electrons. The number of rotatable bonds is 8. The molecule has 0 aliphatic heterocycles. The molecule has 0 N–H and O–H groups in total. The maximum absolute atomic E-state index is 11.9. The van der Waals surface area contributed by atoms with Crippen LogP contribution in [-0.2, 0) is 14.2 Å². The summed E-state index contributed by atoms with van der Waals surface area (Å²) in [5.41, 5.74) is 1.17. The lowest BCUT2D eigenvalue weighted by Gasteiger charge is -2.09. The second-order valence-electron chi connectivity index (χ2n) is 4.50. The molecular weight excluding hydrogens is 282 g/mol. The van der Waals surface area contributed by atoms with E-state index in [2.05, 4.69) is 4.98 Å². The quantitative estimate of drug-likeness (QED) is 0.420. The molecule has 0 aliphatic rings. The second kappa shape index (κ2) is 8.89. The number of aromatic nitrogens is 1. The monoisotopic (exact) mass is 301 g/mol. The fourth-order valence-corrected chi connectivity index (χ4v) is 1.67. The zero-order valence-corrected chi connectivity index (χ0v) is 12.8. The van der Waals surface area contributed by atoms with Gasteiger partial charge in [0.1, 0.15) is 11.8 Å². The third-order valence-electron chi connectivity index (χ3n) is 2.53. The van der Waals surface area contributed by atoms with E-state index in [4.69, 9.17) is 25.8 Å². The fourth-order valence-electron chi connectivity index (χ4n) is 1.45. The maximum Gasteiger partial charge on any atom is 0.338 e. The molecule has 0 fully saturated rings. The Labute approximate surface area is 124 Å². The highest BCUT2D eigenvalue weighted by Gasteiger charge is 2.12. The molecule has 6 heteroatoms. The minimum Gasteiger partial charge on any atom is -0.460 e. The van der Waals surface area contributed by atoms with Crippen LogP contribution in [0.5, 0.6) is 0 Å². The van der Waals surface area contributed by atoms with Gasteiger partial charge in [-0.3, -0.25) is 0 Å². The Morgan fingerprint density at radius 2 is 1.95 bits per heavy atom. The van der Waals surface area contributed by atoms with Crippen molar-refractivity contribution in [2.75, 3.05) is 33.5 Å². The summed E-state index contributed by atoms with van der Waals surface area (Å²) in [6.07, 6.45) is 0. The lowest BCUT2D eigenvalue weighted by Crippen LogP contribution is -2.13. The molecular formula is C14H20ClNO4. The van der Waals surface area contributed by atoms with Crippen molar-refractivity contribution in [3.05, 3.63) is 28.5 Å². The molecule has 0 aliphatic carbocycles. The Kier molecular flexibility index (Phi) is 7.51. The van der Waals surface area contributed by atoms with Crippen LogP contribution >= 0.6 is 11.6 Å². The summed E-state index contributed by atoms with van der Waals surface area (Å²) < 4.78 is 15.1. The molecule has 0 bridgehead atoms. The van der Waals surface area contributed by atoms with Crippen molar-refractivity contribution in [3.63, 3.8) is 0 Å². The lowest BCUT2D eigenvalue weighted by molar-refractivity contribution is 0.0213. The van der Waals surface area contributed by atoms with Crippen LogP contribution in [0.2, 0.25) is 5.15 Å². The number of hydrogen-bond acceptors (Lipinski definition) is 5. The minimum absolute atomic E-state index is 0.192. The van der Waals surface area contributed by atoms with Crippen LogP contribution in [0.15, 0.2) is 12.1 Å². The van der Waals surface area contributed by atoms with Gasteiger partial charge in [0.2, 0.25) is 0 Å². The van der Waals surface area contributed by atoms with Gasteiger partial charge >= 0.3 is 5.97 Å². The van der Waals surface area contributed by atoms with Crippen LogP contribution in [-0.4, -0.2) is 44.5 Å². The molecule has 1 rings (SSSR count). The molecule has 1 aromatic rings. The number of carbonyl (C=O) groups excluding carboxylic acids is 1. The number of carbonyl (C=O) groups is 1. The Bertz CT molecular complexity index is 437. The average Bonchev–Trinajstić information content (AvgIpc) is 2.41. The van der Waals surface area contributed by atoms with Gasteiger partial charge in [-0.1, -0.05) is 25.4 Å². The number of halogens is 1. The summed E-state index contributed by atoms with van der Waals surface area (Å²) >= 11 is 5.90. The Morgan fingerprint density at radius 1 is 1.25 bits per heavy atom. The molecule has 5 nitrogen and oxygen atoms in total. The van der Waals surface area contributed by atoms with E-state index < -0.39 is 5.97 Å². The van der Waals surface area contributed by atoms with Crippen molar-refractivity contribution in [1.82, 2.24) is 4.98 Å². The predicted molar refractivity (Wildman–Crippen MR) is 76.3 cm³/mol. The van der Waals surface area contributed by atoms with Crippen LogP contribution in [0.4, 0.5) is 0 Å². The number of methoxy groups -OCH3 is 1. The zero-order chi connectivity index (χ0) is 15.0. The third kappa shape index (κ3) is 5.86. The van der Waals surface area contributed by atoms with Gasteiger partial charge in [0.05, 0.1) is 25.4 Å². The van der Waals surface area contributed by atoms with E-state index in [9.17, 15) is 4.79 Å². The number of pyridine rings is 1. The van der Waals surface area contributed by atoms with E-state index in [0.29, 0.717) is 30.5 Å². The first-order chi connectivity index (χ1) is 9.54. The molecule has 1 heterocycles. The summed E-state index contributed by atoms with van der Waals surface area (Å²) in [4.78, 5) is 16.0. The summed E-state index contributed by atoms with van der Waals surface area (Å²) in [6, 6.07) is 3.20. The van der Waals surface area contributed by atoms with Crippen molar-refractivity contribution < 1.29 is 19.0 Å². The molecule has 0 saturated carbocycles. The van der Waals surface area contributed by atoms with Gasteiger partial charge in [-0.15, -0.1) is 0 Å². The smallest absolute Gasteiger partial charge is 0.338 e. The van der Waals surface area contributed by atoms with Crippen molar-refractivity contribution in [1.29, 1.82) is 0 Å². The Morgan fingerprint density at radius 3 is 2.60 bits per heavy atom. The number of hydrogen-bond donors (Lipinski definition) is 0. The highest BCUT2D eigenvalue weighted by molar-refractivity contribution is 6.29. The molecule has 1 aromatic heterocycles. The number of nitrogens with zero attached hydrogens (tertiary/aromatic N) is 1. The summed E-state index contributed by atoms with van der Waals surface area (Å²) in [5, 5.41) is 0.291. The zero-order valence-electron chi connectivity index (χ0n) is 12.0. The highest BCUT2D eigenvalue weighted by Crippen LogP contribution is 2.18. The topological polar surface area (TPSA) is 57.7 Å². The van der Waals surface area contributed by atoms with E-state index in [0.717, 1.165) is 5.69 Å². The first kappa shape index (κ1) is 16.9. The van der Waals surface area contributed by atoms with E-state index in [1.165, 1.54) is 6.07 Å². The van der Waals surface area contributed by atoms with Gasteiger partial charge in [-0.2, -0.15) is 0 Å². The van der Waals surface area contributed by atoms with Crippen molar-refractivity contribution in [3.8, 4) is 0 Å². The molecule has 0 atom stereocenters. The minimum atomic E-state index is -0.424. The normalized spacial score (nSPS) is 10.8. The summed E-state index contributed by atoms with van der Waals surface area (Å²) in [7, 11) is 1.60. The third-order valence-corrected chi connectivity index (χ3v) is 2.73. The van der Waals surface area contributed by atoms with E-state index in [-0.39, 0.29) is 12.5 Å². The fraction of sp³-hybridized carbons (Fsp3) is 0.571. The van der Waals surface area contributed by atoms with Crippen LogP contribution in [0.3, 0.4) is 0 Å². The van der Waals surface area contributed by atoms with Gasteiger partial charge < -0.3 is 14.2 Å². The van der Waals surface area contributed by atoms with E-state index in [1.54, 1.807) is 13.2 Å². The van der Waals surface area contributed by atoms with Crippen molar-refractivity contribution in [2.24, 2.45) is 0 Å². The molecule has 0 spiro atoms. The van der Waals surface area contributed by atoms with Gasteiger partial charge in [0.15, 0.2) is 0 Å². The van der Waals surface area contributed by atoms with Crippen LogP contribution in [0, 0.1) is 0 Å². The maximum atomic E-state index is 11.9. The van der Waals surface area contributed by atoms with Gasteiger partial charge in [0.25, 0.3) is 0 Å². The molecule has 0 amide bonds. The second-order valence-corrected chi connectivity index (χ2v) is 4.89. The predicted octanol–water partition coefficient (Wildman–Crippen LogP) is 2.68. The van der Waals surface area contributed by atoms with Gasteiger partial charge in [0, 0.05) is 12.8 Å². The number of ether oxygens (including phenoxy) is 3. The molecule has 0 saturated heterocycles. The van der Waals surface area contributed by atoms with Crippen LogP contribution in [0.1, 0.15) is 35.8 Å². The van der Waals surface area contributed by atoms with E-state index in [1.807, 2.05) is 13.8 Å². The SMILES string of the molecule is COCCOCCOC(=O)c1cc(Cl)nc(C(C)C)c1. The molecule has 0 unspecified atom stereocenters. The van der Waals surface area contributed by atoms with Crippen molar-refractivity contribution in [2.45, 2.75) is 19.8 Å². The van der Waals surface area contributed by atoms with E-state index >= 15 is 0 Å². The standard InChI is InChI=1S/C14H20ClNO4/c1-10(2)12-8-11(9-13(15)16-12)14(17)20-7-6-19-5-4-18-3/h8-10H,4-7H2,1-3H3. The Balaban J connectivity index is 2.47. The largest absolute Gasteiger partial charge is 0.460 e. The summed E-state index contributed by atoms with van der Waals surface area (Å²) in [5.74, 6) is -0.232.